The van der Waals surface area contributed by atoms with E-state index < -0.39 is 0 Å². The van der Waals surface area contributed by atoms with Gasteiger partial charge in [-0.3, -0.25) is 0 Å². The largest absolute Gasteiger partial charge is 0.317 e. The monoisotopic (exact) mass is 241 g/mol. The molecule has 1 N–H and O–H groups in total. The first-order chi connectivity index (χ1) is 8.12. The van der Waals surface area contributed by atoms with Gasteiger partial charge in [0.1, 0.15) is 0 Å². The second-order valence-corrected chi connectivity index (χ2v) is 6.18. The molecule has 1 heteroatoms. The minimum Gasteiger partial charge on any atom is -0.317 e. The normalized spacial score (nSPS) is 12.0. The minimum atomic E-state index is 0.580. The van der Waals surface area contributed by atoms with Crippen molar-refractivity contribution in [3.8, 4) is 0 Å². The van der Waals surface area contributed by atoms with Crippen LogP contribution in [0.2, 0.25) is 0 Å². The van der Waals surface area contributed by atoms with Gasteiger partial charge < -0.3 is 5.32 Å². The molecule has 0 amide bonds. The van der Waals surface area contributed by atoms with Gasteiger partial charge in [-0.2, -0.15) is 0 Å². The lowest BCUT2D eigenvalue weighted by Gasteiger charge is -2.24. The molecule has 0 aliphatic carbocycles. The van der Waals surface area contributed by atoms with Crippen LogP contribution in [0.15, 0.2) is 0 Å². The van der Waals surface area contributed by atoms with Crippen LogP contribution in [-0.2, 0) is 0 Å². The van der Waals surface area contributed by atoms with Crippen molar-refractivity contribution >= 4 is 0 Å². The number of unbranched alkanes of at least 4 members (excludes halogenated alkanes) is 4. The van der Waals surface area contributed by atoms with E-state index >= 15 is 0 Å². The highest BCUT2D eigenvalue weighted by Crippen LogP contribution is 2.29. The zero-order chi connectivity index (χ0) is 13.0. The maximum Gasteiger partial charge on any atom is -0.00489 e. The van der Waals surface area contributed by atoms with Gasteiger partial charge in [-0.15, -0.1) is 0 Å². The topological polar surface area (TPSA) is 12.0 Å². The Kier molecular flexibility index (Phi) is 11.0. The van der Waals surface area contributed by atoms with Gasteiger partial charge in [0.2, 0.25) is 0 Å². The summed E-state index contributed by atoms with van der Waals surface area (Å²) in [4.78, 5) is 0. The molecule has 0 aromatic heterocycles. The second-order valence-electron chi connectivity index (χ2n) is 6.18. The van der Waals surface area contributed by atoms with Gasteiger partial charge in [-0.1, -0.05) is 59.8 Å². The molecule has 0 aliphatic rings. The number of nitrogens with one attached hydrogen (secondary N) is 1. The molecule has 0 spiro atoms. The quantitative estimate of drug-likeness (QED) is 0.466. The third-order valence-corrected chi connectivity index (χ3v) is 3.59. The summed E-state index contributed by atoms with van der Waals surface area (Å²) in [5, 5.41) is 3.47. The molecule has 0 saturated heterocycles. The Labute approximate surface area is 110 Å². The van der Waals surface area contributed by atoms with Gasteiger partial charge in [0, 0.05) is 0 Å². The van der Waals surface area contributed by atoms with E-state index in [2.05, 4.69) is 33.0 Å². The SMILES string of the molecule is CCCCC(C)(C)CCCCCCNCCC. The molecule has 0 radical (unpaired) electrons. The van der Waals surface area contributed by atoms with Crippen LogP contribution in [0.25, 0.3) is 0 Å². The van der Waals surface area contributed by atoms with E-state index in [4.69, 9.17) is 0 Å². The fraction of sp³-hybridized carbons (Fsp3) is 1.00. The summed E-state index contributed by atoms with van der Waals surface area (Å²) in [6, 6.07) is 0. The predicted octanol–water partition coefficient (Wildman–Crippen LogP) is 5.15. The summed E-state index contributed by atoms with van der Waals surface area (Å²) in [6.45, 7) is 11.8. The van der Waals surface area contributed by atoms with Crippen molar-refractivity contribution in [2.24, 2.45) is 5.41 Å². The fourth-order valence-electron chi connectivity index (χ4n) is 2.29. The highest BCUT2D eigenvalue weighted by Gasteiger charge is 2.15. The van der Waals surface area contributed by atoms with E-state index in [1.807, 2.05) is 0 Å². The van der Waals surface area contributed by atoms with Gasteiger partial charge in [-0.05, 0) is 44.2 Å². The summed E-state index contributed by atoms with van der Waals surface area (Å²) in [6.07, 6.45) is 12.4. The van der Waals surface area contributed by atoms with Crippen LogP contribution in [0.1, 0.15) is 85.5 Å². The number of hydrogen-bond acceptors (Lipinski definition) is 1. The minimum absolute atomic E-state index is 0.580. The van der Waals surface area contributed by atoms with Crippen LogP contribution in [-0.4, -0.2) is 13.1 Å². The van der Waals surface area contributed by atoms with Crippen molar-refractivity contribution in [2.45, 2.75) is 85.5 Å². The average molecular weight is 241 g/mol. The van der Waals surface area contributed by atoms with E-state index in [1.165, 1.54) is 70.9 Å². The molecule has 1 nitrogen and oxygen atoms in total. The molecule has 0 aromatic rings. The summed E-state index contributed by atoms with van der Waals surface area (Å²) < 4.78 is 0. The van der Waals surface area contributed by atoms with Crippen LogP contribution in [0.5, 0.6) is 0 Å². The molecule has 0 rings (SSSR count). The molecule has 0 fully saturated rings. The summed E-state index contributed by atoms with van der Waals surface area (Å²) in [5.41, 5.74) is 0.580. The van der Waals surface area contributed by atoms with Gasteiger partial charge in [0.25, 0.3) is 0 Å². The maximum atomic E-state index is 3.47. The van der Waals surface area contributed by atoms with Gasteiger partial charge >= 0.3 is 0 Å². The molecule has 104 valence electrons. The summed E-state index contributed by atoms with van der Waals surface area (Å²) in [5.74, 6) is 0. The Morgan fingerprint density at radius 1 is 0.706 bits per heavy atom. The van der Waals surface area contributed by atoms with Gasteiger partial charge in [0.05, 0.1) is 0 Å². The molecule has 0 aliphatic heterocycles. The standard InChI is InChI=1S/C16H35N/c1-5-7-12-16(3,4)13-10-8-9-11-15-17-14-6-2/h17H,5-15H2,1-4H3. The van der Waals surface area contributed by atoms with Crippen LogP contribution in [0.4, 0.5) is 0 Å². The smallest absolute Gasteiger partial charge is 0.00489 e. The van der Waals surface area contributed by atoms with Crippen molar-refractivity contribution in [3.63, 3.8) is 0 Å². The van der Waals surface area contributed by atoms with Crippen molar-refractivity contribution in [1.82, 2.24) is 5.32 Å². The Bertz CT molecular complexity index is 152. The molecule has 0 saturated carbocycles. The first-order valence-corrected chi connectivity index (χ1v) is 7.83. The molecule has 17 heavy (non-hydrogen) atoms. The Hall–Kier alpha value is -0.0400. The predicted molar refractivity (Wildman–Crippen MR) is 79.6 cm³/mol. The lowest BCUT2D eigenvalue weighted by atomic mass is 9.82. The highest BCUT2D eigenvalue weighted by molar-refractivity contribution is 4.68. The molecule has 0 heterocycles. The van der Waals surface area contributed by atoms with Gasteiger partial charge in [-0.25, -0.2) is 0 Å². The van der Waals surface area contributed by atoms with Crippen molar-refractivity contribution in [3.05, 3.63) is 0 Å². The first kappa shape index (κ1) is 17.0. The van der Waals surface area contributed by atoms with Gasteiger partial charge in [0.15, 0.2) is 0 Å². The van der Waals surface area contributed by atoms with Crippen LogP contribution >= 0.6 is 0 Å². The van der Waals surface area contributed by atoms with E-state index in [-0.39, 0.29) is 0 Å². The van der Waals surface area contributed by atoms with Crippen LogP contribution in [0.3, 0.4) is 0 Å². The fourth-order valence-corrected chi connectivity index (χ4v) is 2.29. The van der Waals surface area contributed by atoms with Crippen LogP contribution in [0, 0.1) is 5.41 Å². The molecule has 0 aromatic carbocycles. The van der Waals surface area contributed by atoms with E-state index in [9.17, 15) is 0 Å². The van der Waals surface area contributed by atoms with Crippen molar-refractivity contribution in [2.75, 3.05) is 13.1 Å². The Morgan fingerprint density at radius 2 is 1.35 bits per heavy atom. The zero-order valence-electron chi connectivity index (χ0n) is 12.8. The zero-order valence-corrected chi connectivity index (χ0v) is 12.8. The summed E-state index contributed by atoms with van der Waals surface area (Å²) >= 11 is 0. The second kappa shape index (κ2) is 11.1. The third-order valence-electron chi connectivity index (χ3n) is 3.59. The lowest BCUT2D eigenvalue weighted by molar-refractivity contribution is 0.285. The Morgan fingerprint density at radius 3 is 2.00 bits per heavy atom. The molecular formula is C16H35N. The average Bonchev–Trinajstić information content (AvgIpc) is 2.30. The lowest BCUT2D eigenvalue weighted by Crippen LogP contribution is -2.15. The van der Waals surface area contributed by atoms with E-state index in [1.54, 1.807) is 0 Å². The first-order valence-electron chi connectivity index (χ1n) is 7.83. The maximum absolute atomic E-state index is 3.47. The van der Waals surface area contributed by atoms with Crippen molar-refractivity contribution in [1.29, 1.82) is 0 Å². The number of rotatable bonds is 12. The van der Waals surface area contributed by atoms with Crippen molar-refractivity contribution < 1.29 is 0 Å². The molecule has 0 bridgehead atoms. The van der Waals surface area contributed by atoms with E-state index in [0.29, 0.717) is 5.41 Å². The highest BCUT2D eigenvalue weighted by atomic mass is 14.8. The van der Waals surface area contributed by atoms with E-state index in [0.717, 1.165) is 0 Å². The number of hydrogen-bond donors (Lipinski definition) is 1. The summed E-state index contributed by atoms with van der Waals surface area (Å²) in [7, 11) is 0. The van der Waals surface area contributed by atoms with Crippen LogP contribution < -0.4 is 5.32 Å². The third kappa shape index (κ3) is 12.2. The molecule has 0 atom stereocenters. The molecular weight excluding hydrogens is 206 g/mol. The Balaban J connectivity index is 3.26. The molecule has 0 unspecified atom stereocenters.